The third kappa shape index (κ3) is 3.42. The highest BCUT2D eigenvalue weighted by Crippen LogP contribution is 2.15. The fraction of sp³-hybridized carbons (Fsp3) is 0.400. The van der Waals surface area contributed by atoms with Crippen molar-refractivity contribution in [2.75, 3.05) is 0 Å². The minimum Gasteiger partial charge on any atom is -0.167 e. The van der Waals surface area contributed by atoms with Gasteiger partial charge in [-0.3, -0.25) is 0 Å². The van der Waals surface area contributed by atoms with E-state index >= 15 is 0 Å². The van der Waals surface area contributed by atoms with E-state index in [2.05, 4.69) is 44.3 Å². The van der Waals surface area contributed by atoms with Gasteiger partial charge in [-0.25, -0.2) is 0 Å². The average Bonchev–Trinajstić information content (AvgIpc) is 1.91. The van der Waals surface area contributed by atoms with Gasteiger partial charge in [0.1, 0.15) is 0 Å². The molecule has 0 bridgehead atoms. The van der Waals surface area contributed by atoms with Crippen LogP contribution in [0.1, 0.15) is 11.1 Å². The Morgan fingerprint density at radius 2 is 1.67 bits per heavy atom. The van der Waals surface area contributed by atoms with Crippen LogP contribution in [0.5, 0.6) is 0 Å². The van der Waals surface area contributed by atoms with E-state index in [1.165, 1.54) is 11.1 Å². The molecule has 0 N–H and O–H groups in total. The van der Waals surface area contributed by atoms with Crippen molar-refractivity contribution >= 4 is 18.5 Å². The molecule has 0 saturated heterocycles. The zero-order chi connectivity index (χ0) is 9.19. The molecule has 12 heavy (non-hydrogen) atoms. The number of hydrogen-bond acceptors (Lipinski definition) is 0. The van der Waals surface area contributed by atoms with Crippen LogP contribution in [0, 0.1) is 6.92 Å². The fourth-order valence-electron chi connectivity index (χ4n) is 1.19. The zero-order valence-electron chi connectivity index (χ0n) is 7.89. The molecule has 0 amide bonds. The smallest absolute Gasteiger partial charge is 0.154 e. The second-order valence-corrected chi connectivity index (χ2v) is 10.7. The van der Waals surface area contributed by atoms with Crippen LogP contribution in [-0.4, -0.2) is 7.38 Å². The van der Waals surface area contributed by atoms with Crippen LogP contribution in [0.25, 0.3) is 0 Å². The number of aryl methyl sites for hydroxylation is 1. The Hall–Kier alpha value is -0.273. The van der Waals surface area contributed by atoms with Crippen molar-refractivity contribution in [1.29, 1.82) is 0 Å². The zero-order valence-corrected chi connectivity index (χ0v) is 9.65. The van der Waals surface area contributed by atoms with Gasteiger partial charge in [-0.1, -0.05) is 42.9 Å². The second-order valence-electron chi connectivity index (χ2n) is 3.88. The Kier molecular flexibility index (Phi) is 2.97. The van der Waals surface area contributed by atoms with E-state index < -0.39 is 7.38 Å². The summed E-state index contributed by atoms with van der Waals surface area (Å²) < 4.78 is 0. The van der Waals surface area contributed by atoms with Gasteiger partial charge < -0.3 is 0 Å². The molecule has 0 fully saturated rings. The summed E-state index contributed by atoms with van der Waals surface area (Å²) in [6.45, 7) is 6.45. The van der Waals surface area contributed by atoms with Crippen molar-refractivity contribution in [3.8, 4) is 0 Å². The van der Waals surface area contributed by atoms with Crippen molar-refractivity contribution in [2.24, 2.45) is 0 Å². The number of halogens is 1. The maximum absolute atomic E-state index is 6.25. The third-order valence-corrected chi connectivity index (χ3v) is 3.39. The molecule has 0 saturated carbocycles. The molecule has 0 radical (unpaired) electrons. The van der Waals surface area contributed by atoms with Crippen LogP contribution in [0.4, 0.5) is 0 Å². The van der Waals surface area contributed by atoms with Crippen molar-refractivity contribution in [3.05, 3.63) is 35.4 Å². The lowest BCUT2D eigenvalue weighted by molar-refractivity contribution is 1.32. The summed E-state index contributed by atoms with van der Waals surface area (Å²) in [5.74, 6) is 0. The Morgan fingerprint density at radius 3 is 2.08 bits per heavy atom. The molecule has 0 aliphatic heterocycles. The molecule has 0 spiro atoms. The Balaban J connectivity index is 2.71. The predicted octanol–water partition coefficient (Wildman–Crippen LogP) is 3.52. The van der Waals surface area contributed by atoms with E-state index in [1.807, 2.05) is 0 Å². The van der Waals surface area contributed by atoms with E-state index in [4.69, 9.17) is 11.1 Å². The maximum Gasteiger partial charge on any atom is 0.154 e. The molecule has 2 heteroatoms. The molecule has 0 heterocycles. The van der Waals surface area contributed by atoms with Crippen molar-refractivity contribution in [2.45, 2.75) is 26.1 Å². The average molecular weight is 199 g/mol. The highest BCUT2D eigenvalue weighted by atomic mass is 35.6. The first kappa shape index (κ1) is 9.81. The summed E-state index contributed by atoms with van der Waals surface area (Å²) in [6, 6.07) is 9.70. The minimum atomic E-state index is -1.44. The standard InChI is InChI=1S/C10H15ClSi/c1-9-4-6-10(7-5-9)8-12(2,3)11/h4-7H,8H2,1-3H3. The number of hydrogen-bond donors (Lipinski definition) is 0. The highest BCUT2D eigenvalue weighted by molar-refractivity contribution is 7.18. The van der Waals surface area contributed by atoms with Gasteiger partial charge in [0, 0.05) is 0 Å². The topological polar surface area (TPSA) is 0 Å². The van der Waals surface area contributed by atoms with Crippen molar-refractivity contribution in [1.82, 2.24) is 0 Å². The molecule has 1 rings (SSSR count). The van der Waals surface area contributed by atoms with Gasteiger partial charge in [0.2, 0.25) is 0 Å². The SMILES string of the molecule is Cc1ccc(C[Si](C)(C)Cl)cc1. The Morgan fingerprint density at radius 1 is 1.17 bits per heavy atom. The monoisotopic (exact) mass is 198 g/mol. The van der Waals surface area contributed by atoms with Crippen molar-refractivity contribution < 1.29 is 0 Å². The van der Waals surface area contributed by atoms with Crippen LogP contribution in [-0.2, 0) is 6.04 Å². The van der Waals surface area contributed by atoms with Crippen LogP contribution < -0.4 is 0 Å². The molecule has 0 aromatic heterocycles. The lowest BCUT2D eigenvalue weighted by Gasteiger charge is -2.12. The van der Waals surface area contributed by atoms with E-state index in [0.717, 1.165) is 6.04 Å². The predicted molar refractivity (Wildman–Crippen MR) is 58.2 cm³/mol. The summed E-state index contributed by atoms with van der Waals surface area (Å²) >= 11 is 6.25. The lowest BCUT2D eigenvalue weighted by Crippen LogP contribution is -2.20. The van der Waals surface area contributed by atoms with Gasteiger partial charge in [0.05, 0.1) is 0 Å². The molecule has 0 aliphatic carbocycles. The van der Waals surface area contributed by atoms with Gasteiger partial charge in [-0.05, 0) is 18.5 Å². The van der Waals surface area contributed by atoms with E-state index in [-0.39, 0.29) is 0 Å². The van der Waals surface area contributed by atoms with E-state index in [0.29, 0.717) is 0 Å². The molecule has 66 valence electrons. The Bertz CT molecular complexity index is 246. The van der Waals surface area contributed by atoms with Crippen LogP contribution in [0.15, 0.2) is 24.3 Å². The van der Waals surface area contributed by atoms with Crippen LogP contribution >= 0.6 is 11.1 Å². The summed E-state index contributed by atoms with van der Waals surface area (Å²) in [5.41, 5.74) is 2.68. The number of rotatable bonds is 2. The first-order chi connectivity index (χ1) is 5.47. The molecule has 0 unspecified atom stereocenters. The third-order valence-electron chi connectivity index (χ3n) is 1.75. The maximum atomic E-state index is 6.25. The van der Waals surface area contributed by atoms with E-state index in [1.54, 1.807) is 0 Å². The molecule has 0 nitrogen and oxygen atoms in total. The van der Waals surface area contributed by atoms with Gasteiger partial charge in [-0.2, -0.15) is 11.1 Å². The summed E-state index contributed by atoms with van der Waals surface area (Å²) in [6.07, 6.45) is 0. The first-order valence-corrected chi connectivity index (χ1v) is 8.44. The molecule has 0 atom stereocenters. The van der Waals surface area contributed by atoms with Gasteiger partial charge in [-0.15, -0.1) is 0 Å². The second kappa shape index (κ2) is 3.63. The quantitative estimate of drug-likeness (QED) is 0.504. The van der Waals surface area contributed by atoms with Crippen molar-refractivity contribution in [3.63, 3.8) is 0 Å². The Labute approximate surface area is 80.3 Å². The first-order valence-electron chi connectivity index (χ1n) is 4.22. The molecule has 1 aromatic rings. The van der Waals surface area contributed by atoms with E-state index in [9.17, 15) is 0 Å². The van der Waals surface area contributed by atoms with Crippen LogP contribution in [0.3, 0.4) is 0 Å². The van der Waals surface area contributed by atoms with Gasteiger partial charge >= 0.3 is 0 Å². The minimum absolute atomic E-state index is 1.06. The van der Waals surface area contributed by atoms with Crippen LogP contribution in [0.2, 0.25) is 13.1 Å². The normalized spacial score (nSPS) is 11.7. The summed E-state index contributed by atoms with van der Waals surface area (Å²) in [7, 11) is -1.44. The molecular formula is C10H15ClSi. The summed E-state index contributed by atoms with van der Waals surface area (Å²) in [5, 5.41) is 0. The lowest BCUT2D eigenvalue weighted by atomic mass is 10.2. The van der Waals surface area contributed by atoms with Gasteiger partial charge in [0.25, 0.3) is 0 Å². The largest absolute Gasteiger partial charge is 0.167 e. The summed E-state index contributed by atoms with van der Waals surface area (Å²) in [4.78, 5) is 0. The fourth-order valence-corrected chi connectivity index (χ4v) is 2.86. The highest BCUT2D eigenvalue weighted by Gasteiger charge is 2.16. The van der Waals surface area contributed by atoms with Gasteiger partial charge in [0.15, 0.2) is 7.38 Å². The number of benzene rings is 1. The molecule has 0 aliphatic rings. The molecular weight excluding hydrogens is 184 g/mol. The molecule has 1 aromatic carbocycles.